The van der Waals surface area contributed by atoms with Gasteiger partial charge in [0.2, 0.25) is 0 Å². The van der Waals surface area contributed by atoms with Gasteiger partial charge in [0.05, 0.1) is 24.0 Å². The van der Waals surface area contributed by atoms with Gasteiger partial charge in [-0.25, -0.2) is 0 Å². The minimum absolute atomic E-state index is 0.550. The van der Waals surface area contributed by atoms with E-state index >= 15 is 0 Å². The fourth-order valence-electron chi connectivity index (χ4n) is 2.42. The predicted molar refractivity (Wildman–Crippen MR) is 69.8 cm³/mol. The summed E-state index contributed by atoms with van der Waals surface area (Å²) in [5.41, 5.74) is 0.777. The Labute approximate surface area is 107 Å². The monoisotopic (exact) mass is 246 g/mol. The second kappa shape index (κ2) is 4.87. The molecule has 0 bridgehead atoms. The van der Waals surface area contributed by atoms with E-state index in [4.69, 9.17) is 10.00 Å². The van der Waals surface area contributed by atoms with E-state index in [1.54, 1.807) is 19.2 Å². The van der Waals surface area contributed by atoms with Crippen molar-refractivity contribution in [3.8, 4) is 11.8 Å². The summed E-state index contributed by atoms with van der Waals surface area (Å²) in [5.74, 6) is 0.731. The quantitative estimate of drug-likeness (QED) is 0.866. The van der Waals surface area contributed by atoms with Crippen LogP contribution in [0.15, 0.2) is 18.2 Å². The van der Waals surface area contributed by atoms with E-state index in [-0.39, 0.29) is 0 Å². The van der Waals surface area contributed by atoms with E-state index in [1.807, 2.05) is 13.0 Å². The Balaban J connectivity index is 2.34. The highest BCUT2D eigenvalue weighted by Crippen LogP contribution is 2.30. The normalized spacial score (nSPS) is 23.6. The van der Waals surface area contributed by atoms with Gasteiger partial charge in [-0.1, -0.05) is 0 Å². The topological polar surface area (TPSA) is 56.5 Å². The van der Waals surface area contributed by atoms with Crippen LogP contribution in [0.2, 0.25) is 0 Å². The van der Waals surface area contributed by atoms with Crippen LogP contribution in [0.5, 0.6) is 5.75 Å². The SMILES string of the molecule is COc1ccc(C#N)c(N2CCCC(C)(O)C2)c1. The first kappa shape index (κ1) is 12.7. The standard InChI is InChI=1S/C14H18N2O2/c1-14(17)6-3-7-16(10-14)13-8-12(18-2)5-4-11(13)9-15/h4-5,8,17H,3,6-7,10H2,1-2H3. The van der Waals surface area contributed by atoms with Gasteiger partial charge in [-0.2, -0.15) is 5.26 Å². The molecular weight excluding hydrogens is 228 g/mol. The molecule has 0 spiro atoms. The number of ether oxygens (including phenoxy) is 1. The second-order valence-corrected chi connectivity index (χ2v) is 5.02. The molecule has 1 aromatic carbocycles. The Morgan fingerprint density at radius 2 is 2.28 bits per heavy atom. The molecule has 0 aliphatic carbocycles. The summed E-state index contributed by atoms with van der Waals surface area (Å²) in [6.45, 7) is 3.25. The average molecular weight is 246 g/mol. The van der Waals surface area contributed by atoms with Gasteiger partial charge in [0.1, 0.15) is 11.8 Å². The molecule has 1 saturated heterocycles. The highest BCUT2D eigenvalue weighted by atomic mass is 16.5. The largest absolute Gasteiger partial charge is 0.497 e. The highest BCUT2D eigenvalue weighted by molar-refractivity contribution is 5.62. The molecule has 0 amide bonds. The van der Waals surface area contributed by atoms with Crippen molar-refractivity contribution in [2.75, 3.05) is 25.1 Å². The summed E-state index contributed by atoms with van der Waals surface area (Å²) in [4.78, 5) is 2.06. The molecule has 1 fully saturated rings. The molecule has 1 aromatic rings. The van der Waals surface area contributed by atoms with Gasteiger partial charge < -0.3 is 14.7 Å². The Hall–Kier alpha value is -1.73. The number of rotatable bonds is 2. The molecule has 1 N–H and O–H groups in total. The van der Waals surface area contributed by atoms with Crippen LogP contribution in [0, 0.1) is 11.3 Å². The summed E-state index contributed by atoms with van der Waals surface area (Å²) >= 11 is 0. The van der Waals surface area contributed by atoms with Gasteiger partial charge >= 0.3 is 0 Å². The molecule has 1 atom stereocenters. The summed E-state index contributed by atoms with van der Waals surface area (Å²) in [7, 11) is 1.61. The van der Waals surface area contributed by atoms with Crippen molar-refractivity contribution < 1.29 is 9.84 Å². The van der Waals surface area contributed by atoms with Crippen molar-refractivity contribution in [2.45, 2.75) is 25.4 Å². The number of hydrogen-bond acceptors (Lipinski definition) is 4. The number of anilines is 1. The number of nitriles is 1. The zero-order chi connectivity index (χ0) is 13.2. The molecule has 2 rings (SSSR count). The molecule has 0 saturated carbocycles. The lowest BCUT2D eigenvalue weighted by molar-refractivity contribution is 0.0449. The summed E-state index contributed by atoms with van der Waals surface area (Å²) in [5, 5.41) is 19.3. The average Bonchev–Trinajstić information content (AvgIpc) is 2.36. The van der Waals surface area contributed by atoms with E-state index in [9.17, 15) is 5.11 Å². The van der Waals surface area contributed by atoms with Gasteiger partial charge in [-0.3, -0.25) is 0 Å². The van der Waals surface area contributed by atoms with Crippen LogP contribution < -0.4 is 9.64 Å². The Kier molecular flexibility index (Phi) is 3.44. The Morgan fingerprint density at radius 1 is 1.50 bits per heavy atom. The third-order valence-corrected chi connectivity index (χ3v) is 3.34. The molecule has 4 heteroatoms. The van der Waals surface area contributed by atoms with Crippen molar-refractivity contribution in [1.29, 1.82) is 5.26 Å². The van der Waals surface area contributed by atoms with Crippen LogP contribution in [0.25, 0.3) is 0 Å². The van der Waals surface area contributed by atoms with Crippen LogP contribution >= 0.6 is 0 Å². The molecule has 1 aliphatic heterocycles. The van der Waals surface area contributed by atoms with E-state index < -0.39 is 5.60 Å². The molecule has 18 heavy (non-hydrogen) atoms. The lowest BCUT2D eigenvalue weighted by Crippen LogP contribution is -2.46. The van der Waals surface area contributed by atoms with Crippen LogP contribution in [-0.2, 0) is 0 Å². The summed E-state index contributed by atoms with van der Waals surface area (Å²) < 4.78 is 5.20. The smallest absolute Gasteiger partial charge is 0.121 e. The van der Waals surface area contributed by atoms with Crippen LogP contribution in [-0.4, -0.2) is 30.9 Å². The minimum Gasteiger partial charge on any atom is -0.497 e. The maximum absolute atomic E-state index is 10.1. The molecule has 4 nitrogen and oxygen atoms in total. The van der Waals surface area contributed by atoms with Crippen molar-refractivity contribution in [2.24, 2.45) is 0 Å². The predicted octanol–water partition coefficient (Wildman–Crippen LogP) is 1.92. The fraction of sp³-hybridized carbons (Fsp3) is 0.500. The van der Waals surface area contributed by atoms with Gasteiger partial charge in [0.15, 0.2) is 0 Å². The number of methoxy groups -OCH3 is 1. The summed E-state index contributed by atoms with van der Waals surface area (Å²) in [6, 6.07) is 7.60. The Bertz CT molecular complexity index is 477. The van der Waals surface area contributed by atoms with Gasteiger partial charge in [0, 0.05) is 19.2 Å². The zero-order valence-electron chi connectivity index (χ0n) is 10.8. The first-order valence-electron chi connectivity index (χ1n) is 6.11. The lowest BCUT2D eigenvalue weighted by Gasteiger charge is -2.38. The van der Waals surface area contributed by atoms with Gasteiger partial charge in [0.25, 0.3) is 0 Å². The number of piperidine rings is 1. The summed E-state index contributed by atoms with van der Waals surface area (Å²) in [6.07, 6.45) is 1.73. The first-order valence-corrected chi connectivity index (χ1v) is 6.11. The molecule has 1 unspecified atom stereocenters. The van der Waals surface area contributed by atoms with Crippen molar-refractivity contribution >= 4 is 5.69 Å². The lowest BCUT2D eigenvalue weighted by atomic mass is 9.94. The zero-order valence-corrected chi connectivity index (χ0v) is 10.8. The maximum atomic E-state index is 10.1. The number of hydrogen-bond donors (Lipinski definition) is 1. The van der Waals surface area contributed by atoms with Crippen molar-refractivity contribution in [1.82, 2.24) is 0 Å². The van der Waals surface area contributed by atoms with Crippen molar-refractivity contribution in [3.05, 3.63) is 23.8 Å². The molecule has 1 heterocycles. The molecule has 0 radical (unpaired) electrons. The first-order chi connectivity index (χ1) is 8.55. The molecule has 1 aliphatic rings. The van der Waals surface area contributed by atoms with Crippen LogP contribution in [0.3, 0.4) is 0 Å². The maximum Gasteiger partial charge on any atom is 0.121 e. The fourth-order valence-corrected chi connectivity index (χ4v) is 2.42. The number of β-amino-alcohol motifs (C(OH)–C–C–N with tert-alkyl or cyclic N) is 1. The second-order valence-electron chi connectivity index (χ2n) is 5.02. The minimum atomic E-state index is -0.686. The van der Waals surface area contributed by atoms with Crippen LogP contribution in [0.1, 0.15) is 25.3 Å². The highest BCUT2D eigenvalue weighted by Gasteiger charge is 2.29. The van der Waals surface area contributed by atoms with E-state index in [1.165, 1.54) is 0 Å². The number of nitrogens with zero attached hydrogens (tertiary/aromatic N) is 2. The molecular formula is C14H18N2O2. The number of benzene rings is 1. The molecule has 0 aromatic heterocycles. The van der Waals surface area contributed by atoms with E-state index in [0.717, 1.165) is 30.8 Å². The Morgan fingerprint density at radius 3 is 2.89 bits per heavy atom. The van der Waals surface area contributed by atoms with E-state index in [2.05, 4.69) is 11.0 Å². The third-order valence-electron chi connectivity index (χ3n) is 3.34. The molecule has 96 valence electrons. The van der Waals surface area contributed by atoms with Gasteiger partial charge in [-0.05, 0) is 31.9 Å². The van der Waals surface area contributed by atoms with Crippen molar-refractivity contribution in [3.63, 3.8) is 0 Å². The van der Waals surface area contributed by atoms with E-state index in [0.29, 0.717) is 12.1 Å². The van der Waals surface area contributed by atoms with Crippen LogP contribution in [0.4, 0.5) is 5.69 Å². The number of aliphatic hydroxyl groups is 1. The van der Waals surface area contributed by atoms with Gasteiger partial charge in [-0.15, -0.1) is 0 Å². The third kappa shape index (κ3) is 2.57.